The Kier molecular flexibility index (Phi) is 6.73. The second-order valence-electron chi connectivity index (χ2n) is 6.22. The summed E-state index contributed by atoms with van der Waals surface area (Å²) in [5, 5.41) is 10.3. The molecule has 2 aromatic rings. The average Bonchev–Trinajstić information content (AvgIpc) is 2.66. The van der Waals surface area contributed by atoms with E-state index in [0.29, 0.717) is 17.1 Å². The number of methoxy groups -OCH3 is 1. The van der Waals surface area contributed by atoms with E-state index in [9.17, 15) is 9.50 Å². The quantitative estimate of drug-likeness (QED) is 0.453. The van der Waals surface area contributed by atoms with Gasteiger partial charge in [-0.05, 0) is 37.6 Å². The molecule has 0 amide bonds. The van der Waals surface area contributed by atoms with Crippen LogP contribution >= 0.6 is 0 Å². The normalized spacial score (nSPS) is 13.4. The molecule has 0 unspecified atom stereocenters. The van der Waals surface area contributed by atoms with Gasteiger partial charge < -0.3 is 15.6 Å². The van der Waals surface area contributed by atoms with Crippen molar-refractivity contribution in [2.75, 3.05) is 7.11 Å². The van der Waals surface area contributed by atoms with E-state index in [1.165, 1.54) is 31.5 Å². The number of halogens is 1. The predicted octanol–water partition coefficient (Wildman–Crippen LogP) is 2.94. The lowest BCUT2D eigenvalue weighted by Crippen LogP contribution is -2.22. The van der Waals surface area contributed by atoms with Crippen LogP contribution in [-0.4, -0.2) is 39.5 Å². The SMILES string of the molecule is C=C/C(=C/C(=Nc1ccncc1F)N=C(N)c1cccc(OC)n1)C(C)(C)O. The molecule has 0 aliphatic heterocycles. The maximum absolute atomic E-state index is 14.0. The van der Waals surface area contributed by atoms with E-state index in [-0.39, 0.29) is 17.4 Å². The van der Waals surface area contributed by atoms with Gasteiger partial charge in [0.1, 0.15) is 11.4 Å². The summed E-state index contributed by atoms with van der Waals surface area (Å²) in [6.07, 6.45) is 5.39. The van der Waals surface area contributed by atoms with Gasteiger partial charge in [-0.15, -0.1) is 0 Å². The molecule has 0 aromatic carbocycles. The van der Waals surface area contributed by atoms with Gasteiger partial charge in [0.05, 0.1) is 18.9 Å². The zero-order chi connectivity index (χ0) is 20.7. The Labute approximate surface area is 162 Å². The van der Waals surface area contributed by atoms with E-state index in [2.05, 4.69) is 26.5 Å². The van der Waals surface area contributed by atoms with Crippen molar-refractivity contribution in [3.05, 3.63) is 72.5 Å². The van der Waals surface area contributed by atoms with Gasteiger partial charge in [-0.2, -0.15) is 0 Å². The van der Waals surface area contributed by atoms with Gasteiger partial charge in [0, 0.05) is 12.3 Å². The van der Waals surface area contributed by atoms with E-state index in [0.717, 1.165) is 6.20 Å². The van der Waals surface area contributed by atoms with Crippen molar-refractivity contribution in [2.45, 2.75) is 19.4 Å². The number of aliphatic hydroxyl groups is 1. The standard InChI is InChI=1S/C20H22FN5O2/c1-5-13(20(2,3)27)11-17(24-15-9-10-23-12-14(15)21)26-19(22)16-7-6-8-18(25-16)28-4/h5-12,27H,1H2,2-4H3,(H2,22,23,24,26)/b13-11-. The van der Waals surface area contributed by atoms with Crippen LogP contribution in [0.15, 0.2) is 70.9 Å². The van der Waals surface area contributed by atoms with Crippen LogP contribution in [0.4, 0.5) is 10.1 Å². The van der Waals surface area contributed by atoms with Crippen molar-refractivity contribution in [1.29, 1.82) is 0 Å². The number of aliphatic imine (C=N–C) groups is 2. The van der Waals surface area contributed by atoms with Gasteiger partial charge >= 0.3 is 0 Å². The minimum absolute atomic E-state index is 0.0237. The van der Waals surface area contributed by atoms with Crippen molar-refractivity contribution in [2.24, 2.45) is 15.7 Å². The number of aromatic nitrogens is 2. The van der Waals surface area contributed by atoms with Crippen molar-refractivity contribution in [3.8, 4) is 5.88 Å². The van der Waals surface area contributed by atoms with Crippen LogP contribution in [0, 0.1) is 5.82 Å². The highest BCUT2D eigenvalue weighted by Gasteiger charge is 2.17. The molecule has 0 aliphatic carbocycles. The van der Waals surface area contributed by atoms with Gasteiger partial charge in [0.15, 0.2) is 17.5 Å². The number of rotatable bonds is 6. The molecule has 0 atom stereocenters. The van der Waals surface area contributed by atoms with E-state index in [4.69, 9.17) is 10.5 Å². The fourth-order valence-electron chi connectivity index (χ4n) is 2.15. The number of hydrogen-bond acceptors (Lipinski definition) is 5. The van der Waals surface area contributed by atoms with Crippen molar-refractivity contribution < 1.29 is 14.2 Å². The molecule has 0 saturated carbocycles. The highest BCUT2D eigenvalue weighted by Crippen LogP contribution is 2.20. The first-order chi connectivity index (χ1) is 13.2. The summed E-state index contributed by atoms with van der Waals surface area (Å²) in [6.45, 7) is 6.86. The molecule has 2 aromatic heterocycles. The summed E-state index contributed by atoms with van der Waals surface area (Å²) in [6, 6.07) is 6.43. The highest BCUT2D eigenvalue weighted by atomic mass is 19.1. The van der Waals surface area contributed by atoms with Crippen LogP contribution in [0.2, 0.25) is 0 Å². The second-order valence-corrected chi connectivity index (χ2v) is 6.22. The molecule has 0 fully saturated rings. The summed E-state index contributed by atoms with van der Waals surface area (Å²) < 4.78 is 19.1. The lowest BCUT2D eigenvalue weighted by Gasteiger charge is -2.18. The third kappa shape index (κ3) is 5.55. The Morgan fingerprint density at radius 1 is 1.36 bits per heavy atom. The minimum atomic E-state index is -1.21. The summed E-state index contributed by atoms with van der Waals surface area (Å²) in [5.41, 5.74) is 5.66. The number of nitrogens with two attached hydrogens (primary N) is 1. The number of pyridine rings is 2. The van der Waals surface area contributed by atoms with Gasteiger partial charge in [-0.25, -0.2) is 19.4 Å². The highest BCUT2D eigenvalue weighted by molar-refractivity contribution is 6.08. The monoisotopic (exact) mass is 383 g/mol. The predicted molar refractivity (Wildman–Crippen MR) is 107 cm³/mol. The topological polar surface area (TPSA) is 106 Å². The molecule has 0 saturated heterocycles. The van der Waals surface area contributed by atoms with E-state index in [1.54, 1.807) is 32.0 Å². The second kappa shape index (κ2) is 9.01. The van der Waals surface area contributed by atoms with Gasteiger partial charge in [0.2, 0.25) is 5.88 Å². The van der Waals surface area contributed by atoms with Gasteiger partial charge in [-0.1, -0.05) is 18.7 Å². The number of ether oxygens (including phenoxy) is 1. The van der Waals surface area contributed by atoms with Gasteiger partial charge in [0.25, 0.3) is 0 Å². The fraction of sp³-hybridized carbons (Fsp3) is 0.200. The zero-order valence-electron chi connectivity index (χ0n) is 15.9. The van der Waals surface area contributed by atoms with E-state index < -0.39 is 11.4 Å². The Morgan fingerprint density at radius 3 is 2.71 bits per heavy atom. The molecule has 3 N–H and O–H groups in total. The molecule has 0 bridgehead atoms. The lowest BCUT2D eigenvalue weighted by molar-refractivity contribution is 0.124. The molecule has 0 radical (unpaired) electrons. The third-order valence-electron chi connectivity index (χ3n) is 3.63. The minimum Gasteiger partial charge on any atom is -0.481 e. The Bertz CT molecular complexity index is 946. The number of nitrogens with zero attached hydrogens (tertiary/aromatic N) is 4. The zero-order valence-corrected chi connectivity index (χ0v) is 15.9. The van der Waals surface area contributed by atoms with Crippen molar-refractivity contribution in [3.63, 3.8) is 0 Å². The van der Waals surface area contributed by atoms with Crippen LogP contribution < -0.4 is 10.5 Å². The first-order valence-electron chi connectivity index (χ1n) is 8.35. The van der Waals surface area contributed by atoms with Crippen LogP contribution in [0.3, 0.4) is 0 Å². The Balaban J connectivity index is 2.59. The smallest absolute Gasteiger partial charge is 0.213 e. The summed E-state index contributed by atoms with van der Waals surface area (Å²) in [7, 11) is 1.49. The van der Waals surface area contributed by atoms with Crippen LogP contribution in [0.5, 0.6) is 5.88 Å². The van der Waals surface area contributed by atoms with Crippen molar-refractivity contribution >= 4 is 17.4 Å². The number of amidine groups is 2. The average molecular weight is 383 g/mol. The number of hydrogen-bond donors (Lipinski definition) is 2. The molecule has 0 aliphatic rings. The summed E-state index contributed by atoms with van der Waals surface area (Å²) in [4.78, 5) is 16.4. The molecule has 2 heterocycles. The Morgan fingerprint density at radius 2 is 2.11 bits per heavy atom. The third-order valence-corrected chi connectivity index (χ3v) is 3.63. The summed E-state index contributed by atoms with van der Waals surface area (Å²) in [5.74, 6) is -0.148. The van der Waals surface area contributed by atoms with Gasteiger partial charge in [-0.3, -0.25) is 4.98 Å². The van der Waals surface area contributed by atoms with Crippen LogP contribution in [-0.2, 0) is 0 Å². The molecule has 146 valence electrons. The van der Waals surface area contributed by atoms with Crippen LogP contribution in [0.1, 0.15) is 19.5 Å². The molecule has 0 spiro atoms. The lowest BCUT2D eigenvalue weighted by atomic mass is 9.98. The van der Waals surface area contributed by atoms with Crippen LogP contribution in [0.25, 0.3) is 0 Å². The van der Waals surface area contributed by atoms with E-state index >= 15 is 0 Å². The molecule has 2 rings (SSSR count). The van der Waals surface area contributed by atoms with Crippen molar-refractivity contribution in [1.82, 2.24) is 9.97 Å². The molecule has 28 heavy (non-hydrogen) atoms. The first-order valence-corrected chi connectivity index (χ1v) is 8.35. The molecule has 7 nitrogen and oxygen atoms in total. The first kappa shape index (κ1) is 20.9. The largest absolute Gasteiger partial charge is 0.481 e. The molecular formula is C20H22FN5O2. The molecular weight excluding hydrogens is 361 g/mol. The molecule has 8 heteroatoms. The maximum Gasteiger partial charge on any atom is 0.213 e. The van der Waals surface area contributed by atoms with E-state index in [1.807, 2.05) is 0 Å². The Hall–Kier alpha value is -3.39. The maximum atomic E-state index is 14.0. The summed E-state index contributed by atoms with van der Waals surface area (Å²) >= 11 is 0. The fourth-order valence-corrected chi connectivity index (χ4v) is 2.15.